The van der Waals surface area contributed by atoms with E-state index in [1.54, 1.807) is 36.5 Å². The molecule has 3 N–H and O–H groups in total. The van der Waals surface area contributed by atoms with Gasteiger partial charge in [-0.15, -0.1) is 0 Å². The Labute approximate surface area is 173 Å². The van der Waals surface area contributed by atoms with Crippen molar-refractivity contribution in [2.75, 3.05) is 18.4 Å². The van der Waals surface area contributed by atoms with Crippen molar-refractivity contribution in [3.63, 3.8) is 0 Å². The SMILES string of the molecule is O=C(O)C(F)(F)F.O=C1CNC(=O)N1CC=Cc1ccc(Nc2ccc(F)cc2)nc1. The number of imide groups is 1. The van der Waals surface area contributed by atoms with Gasteiger partial charge in [0.15, 0.2) is 0 Å². The first kappa shape index (κ1) is 23.3. The van der Waals surface area contributed by atoms with Gasteiger partial charge >= 0.3 is 18.2 Å². The van der Waals surface area contributed by atoms with Crippen LogP contribution < -0.4 is 10.6 Å². The molecule has 2 heterocycles. The minimum absolute atomic E-state index is 0.0536. The summed E-state index contributed by atoms with van der Waals surface area (Å²) in [6, 6.07) is 9.26. The molecule has 1 fully saturated rings. The number of rotatable bonds is 5. The number of pyridine rings is 1. The maximum absolute atomic E-state index is 12.9. The lowest BCUT2D eigenvalue weighted by molar-refractivity contribution is -0.192. The number of hydrogen-bond acceptors (Lipinski definition) is 5. The molecule has 0 saturated carbocycles. The highest BCUT2D eigenvalue weighted by molar-refractivity contribution is 6.02. The summed E-state index contributed by atoms with van der Waals surface area (Å²) in [5.41, 5.74) is 1.58. The fourth-order valence-electron chi connectivity index (χ4n) is 2.19. The third-order valence-corrected chi connectivity index (χ3v) is 3.68. The quantitative estimate of drug-likeness (QED) is 0.487. The highest BCUT2D eigenvalue weighted by Gasteiger charge is 2.38. The highest BCUT2D eigenvalue weighted by Crippen LogP contribution is 2.15. The smallest absolute Gasteiger partial charge is 0.475 e. The van der Waals surface area contributed by atoms with E-state index in [-0.39, 0.29) is 30.8 Å². The highest BCUT2D eigenvalue weighted by atomic mass is 19.4. The molecule has 31 heavy (non-hydrogen) atoms. The Morgan fingerprint density at radius 3 is 2.32 bits per heavy atom. The Morgan fingerprint density at radius 1 is 1.19 bits per heavy atom. The van der Waals surface area contributed by atoms with Crippen molar-refractivity contribution in [2.45, 2.75) is 6.18 Å². The summed E-state index contributed by atoms with van der Waals surface area (Å²) in [6.45, 7) is 0.276. The van der Waals surface area contributed by atoms with Gasteiger partial charge in [-0.2, -0.15) is 13.2 Å². The molecule has 1 aromatic heterocycles. The van der Waals surface area contributed by atoms with Crippen LogP contribution in [0, 0.1) is 5.82 Å². The van der Waals surface area contributed by atoms with Crippen molar-refractivity contribution in [2.24, 2.45) is 0 Å². The number of aromatic nitrogens is 1. The van der Waals surface area contributed by atoms with Crippen molar-refractivity contribution in [1.82, 2.24) is 15.2 Å². The molecule has 12 heteroatoms. The Balaban J connectivity index is 0.000000423. The largest absolute Gasteiger partial charge is 0.490 e. The van der Waals surface area contributed by atoms with Crippen LogP contribution in [0.5, 0.6) is 0 Å². The molecular formula is C19H16F4N4O4. The molecule has 2 aromatic rings. The molecule has 1 saturated heterocycles. The lowest BCUT2D eigenvalue weighted by Gasteiger charge is -2.08. The van der Waals surface area contributed by atoms with Crippen LogP contribution in [0.2, 0.25) is 0 Å². The van der Waals surface area contributed by atoms with Crippen LogP contribution in [0.3, 0.4) is 0 Å². The number of halogens is 4. The molecule has 1 aliphatic heterocycles. The van der Waals surface area contributed by atoms with Crippen LogP contribution in [-0.4, -0.2) is 52.2 Å². The van der Waals surface area contributed by atoms with E-state index in [1.807, 2.05) is 6.07 Å². The maximum atomic E-state index is 12.9. The van der Waals surface area contributed by atoms with E-state index in [1.165, 1.54) is 12.1 Å². The average molecular weight is 440 g/mol. The van der Waals surface area contributed by atoms with E-state index in [0.717, 1.165) is 16.2 Å². The zero-order chi connectivity index (χ0) is 23.0. The minimum Gasteiger partial charge on any atom is -0.475 e. The molecule has 0 radical (unpaired) electrons. The number of aliphatic carboxylic acids is 1. The third-order valence-electron chi connectivity index (χ3n) is 3.68. The summed E-state index contributed by atoms with van der Waals surface area (Å²) in [5, 5.41) is 12.6. The van der Waals surface area contributed by atoms with E-state index >= 15 is 0 Å². The van der Waals surface area contributed by atoms with Crippen LogP contribution in [0.1, 0.15) is 5.56 Å². The molecule has 0 atom stereocenters. The Bertz CT molecular complexity index is 944. The standard InChI is InChI=1S/C17H15FN4O2.C2HF3O2/c18-13-4-6-14(7-5-13)21-15-8-3-12(10-19-15)2-1-9-22-16(23)11-20-17(22)24;3-2(4,5)1(6)7/h1-8,10H,9,11H2,(H,19,21)(H,20,24);(H,6,7). The molecule has 8 nitrogen and oxygen atoms in total. The zero-order valence-electron chi connectivity index (χ0n) is 15.7. The van der Waals surface area contributed by atoms with Gasteiger partial charge < -0.3 is 15.7 Å². The van der Waals surface area contributed by atoms with Gasteiger partial charge in [0.05, 0.1) is 6.54 Å². The lowest BCUT2D eigenvalue weighted by atomic mass is 10.2. The number of amides is 3. The summed E-state index contributed by atoms with van der Waals surface area (Å²) >= 11 is 0. The van der Waals surface area contributed by atoms with Crippen molar-refractivity contribution >= 4 is 35.5 Å². The molecule has 3 amide bonds. The number of alkyl halides is 3. The van der Waals surface area contributed by atoms with Crippen molar-refractivity contribution in [3.05, 3.63) is 60.1 Å². The number of carboxylic acids is 1. The van der Waals surface area contributed by atoms with Gasteiger partial charge in [0, 0.05) is 18.4 Å². The molecule has 0 spiro atoms. The normalized spacial score (nSPS) is 13.6. The maximum Gasteiger partial charge on any atom is 0.490 e. The van der Waals surface area contributed by atoms with Gasteiger partial charge in [0.25, 0.3) is 0 Å². The number of urea groups is 1. The van der Waals surface area contributed by atoms with Crippen LogP contribution >= 0.6 is 0 Å². The van der Waals surface area contributed by atoms with Gasteiger partial charge in [-0.25, -0.2) is 19.0 Å². The molecule has 3 rings (SSSR count). The number of anilines is 2. The topological polar surface area (TPSA) is 112 Å². The fourth-order valence-corrected chi connectivity index (χ4v) is 2.19. The number of carbonyl (C=O) groups is 3. The molecule has 0 aliphatic carbocycles. The number of hydrogen-bond donors (Lipinski definition) is 3. The van der Waals surface area contributed by atoms with Gasteiger partial charge in [-0.1, -0.05) is 12.2 Å². The van der Waals surface area contributed by atoms with E-state index in [9.17, 15) is 27.2 Å². The van der Waals surface area contributed by atoms with Crippen LogP contribution in [0.4, 0.5) is 33.9 Å². The fraction of sp³-hybridized carbons (Fsp3) is 0.158. The Hall–Kier alpha value is -3.96. The zero-order valence-corrected chi connectivity index (χ0v) is 15.7. The predicted octanol–water partition coefficient (Wildman–Crippen LogP) is 3.16. The minimum atomic E-state index is -5.08. The number of carbonyl (C=O) groups excluding carboxylic acids is 2. The number of nitrogens with one attached hydrogen (secondary N) is 2. The Kier molecular flexibility index (Phi) is 7.66. The van der Waals surface area contributed by atoms with E-state index in [0.29, 0.717) is 5.82 Å². The second kappa shape index (κ2) is 10.2. The van der Waals surface area contributed by atoms with E-state index in [2.05, 4.69) is 15.6 Å². The summed E-state index contributed by atoms with van der Waals surface area (Å²) in [4.78, 5) is 37.1. The molecule has 1 aromatic carbocycles. The predicted molar refractivity (Wildman–Crippen MR) is 102 cm³/mol. The van der Waals surface area contributed by atoms with Crippen molar-refractivity contribution < 1.29 is 37.1 Å². The number of nitrogens with zero attached hydrogens (tertiary/aromatic N) is 2. The lowest BCUT2D eigenvalue weighted by Crippen LogP contribution is -2.30. The summed E-state index contributed by atoms with van der Waals surface area (Å²) < 4.78 is 44.6. The van der Waals surface area contributed by atoms with Crippen LogP contribution in [0.25, 0.3) is 6.08 Å². The average Bonchev–Trinajstić information content (AvgIpc) is 3.03. The molecular weight excluding hydrogens is 424 g/mol. The van der Waals surface area contributed by atoms with Gasteiger partial charge in [0.1, 0.15) is 11.6 Å². The first-order valence-corrected chi connectivity index (χ1v) is 8.60. The first-order chi connectivity index (χ1) is 14.6. The van der Waals surface area contributed by atoms with Crippen LogP contribution in [-0.2, 0) is 9.59 Å². The van der Waals surface area contributed by atoms with Crippen molar-refractivity contribution in [3.8, 4) is 0 Å². The van der Waals surface area contributed by atoms with Gasteiger partial charge in [-0.05, 0) is 42.0 Å². The van der Waals surface area contributed by atoms with Gasteiger partial charge in [-0.3, -0.25) is 9.69 Å². The monoisotopic (exact) mass is 440 g/mol. The van der Waals surface area contributed by atoms with Crippen LogP contribution in [0.15, 0.2) is 48.7 Å². The number of carboxylic acid groups (broad SMARTS) is 1. The second-order valence-corrected chi connectivity index (χ2v) is 5.98. The number of benzene rings is 1. The molecule has 164 valence electrons. The second-order valence-electron chi connectivity index (χ2n) is 5.98. The first-order valence-electron chi connectivity index (χ1n) is 8.60. The molecule has 1 aliphatic rings. The van der Waals surface area contributed by atoms with E-state index in [4.69, 9.17) is 9.90 Å². The van der Waals surface area contributed by atoms with Gasteiger partial charge in [0.2, 0.25) is 5.91 Å². The summed E-state index contributed by atoms with van der Waals surface area (Å²) in [7, 11) is 0. The third kappa shape index (κ3) is 7.42. The summed E-state index contributed by atoms with van der Waals surface area (Å²) in [5.74, 6) is -2.65. The molecule has 0 unspecified atom stereocenters. The Morgan fingerprint density at radius 2 is 1.84 bits per heavy atom. The van der Waals surface area contributed by atoms with Crippen molar-refractivity contribution in [1.29, 1.82) is 0 Å². The summed E-state index contributed by atoms with van der Waals surface area (Å²) in [6.07, 6.45) is 0.0919. The van der Waals surface area contributed by atoms with E-state index < -0.39 is 12.1 Å². The molecule has 0 bridgehead atoms.